The number of rotatable bonds is 4. The molecule has 1 N–H and O–H groups in total. The molecular weight excluding hydrogens is 184 g/mol. The Balaban J connectivity index is 2.01. The van der Waals surface area contributed by atoms with Crippen molar-refractivity contribution in [3.05, 3.63) is 29.8 Å². The molecule has 1 aromatic carbocycles. The minimum Gasteiger partial charge on any atom is -0.371 e. The number of anilines is 1. The summed E-state index contributed by atoms with van der Waals surface area (Å²) in [6, 6.07) is 8.77. The molecular formula is C13H20N2. The van der Waals surface area contributed by atoms with Crippen LogP contribution in [-0.2, 0) is 6.42 Å². The Hall–Kier alpha value is -1.02. The molecule has 1 heterocycles. The van der Waals surface area contributed by atoms with Gasteiger partial charge >= 0.3 is 0 Å². The number of para-hydroxylation sites is 1. The molecule has 0 spiro atoms. The first kappa shape index (κ1) is 10.5. The molecule has 82 valence electrons. The molecule has 0 aromatic heterocycles. The predicted molar refractivity (Wildman–Crippen MR) is 65.4 cm³/mol. The van der Waals surface area contributed by atoms with Gasteiger partial charge in [-0.3, -0.25) is 0 Å². The summed E-state index contributed by atoms with van der Waals surface area (Å²) in [6.07, 6.45) is 1.21. The fraction of sp³-hybridized carbons (Fsp3) is 0.538. The molecule has 0 fully saturated rings. The zero-order valence-corrected chi connectivity index (χ0v) is 9.66. The first-order valence-corrected chi connectivity index (χ1v) is 5.78. The van der Waals surface area contributed by atoms with Gasteiger partial charge in [0.25, 0.3) is 0 Å². The highest BCUT2D eigenvalue weighted by atomic mass is 15.1. The molecule has 1 unspecified atom stereocenters. The molecule has 1 aromatic rings. The molecule has 1 atom stereocenters. The van der Waals surface area contributed by atoms with E-state index >= 15 is 0 Å². The van der Waals surface area contributed by atoms with Gasteiger partial charge in [0.05, 0.1) is 0 Å². The quantitative estimate of drug-likeness (QED) is 0.806. The molecule has 1 aliphatic rings. The van der Waals surface area contributed by atoms with Crippen LogP contribution in [0.1, 0.15) is 12.5 Å². The molecule has 0 saturated carbocycles. The first-order chi connectivity index (χ1) is 7.31. The monoisotopic (exact) mass is 204 g/mol. The average molecular weight is 204 g/mol. The summed E-state index contributed by atoms with van der Waals surface area (Å²) in [5, 5.41) is 3.24. The topological polar surface area (TPSA) is 15.3 Å². The molecule has 2 heteroatoms. The van der Waals surface area contributed by atoms with Gasteiger partial charge in [0, 0.05) is 18.8 Å². The second-order valence-corrected chi connectivity index (χ2v) is 4.49. The van der Waals surface area contributed by atoms with Crippen molar-refractivity contribution in [2.45, 2.75) is 13.3 Å². The zero-order chi connectivity index (χ0) is 10.7. The fourth-order valence-electron chi connectivity index (χ4n) is 2.39. The Kier molecular flexibility index (Phi) is 3.27. The molecule has 0 aliphatic carbocycles. The standard InChI is InChI=1S/C13H20N2/c1-11(9-14-2)10-15-8-7-12-5-3-4-6-13(12)15/h3-6,11,14H,7-10H2,1-2H3. The van der Waals surface area contributed by atoms with Gasteiger partial charge in [-0.2, -0.15) is 0 Å². The highest BCUT2D eigenvalue weighted by Crippen LogP contribution is 2.27. The van der Waals surface area contributed by atoms with Gasteiger partial charge in [-0.1, -0.05) is 25.1 Å². The minimum atomic E-state index is 0.709. The third kappa shape index (κ3) is 2.32. The second-order valence-electron chi connectivity index (χ2n) is 4.49. The highest BCUT2D eigenvalue weighted by molar-refractivity contribution is 5.57. The van der Waals surface area contributed by atoms with E-state index in [9.17, 15) is 0 Å². The number of hydrogen-bond acceptors (Lipinski definition) is 2. The van der Waals surface area contributed by atoms with Crippen molar-refractivity contribution >= 4 is 5.69 Å². The Bertz CT molecular complexity index is 322. The molecule has 0 amide bonds. The van der Waals surface area contributed by atoms with E-state index in [1.807, 2.05) is 7.05 Å². The van der Waals surface area contributed by atoms with Crippen LogP contribution in [-0.4, -0.2) is 26.7 Å². The van der Waals surface area contributed by atoms with E-state index in [-0.39, 0.29) is 0 Å². The van der Waals surface area contributed by atoms with Gasteiger partial charge < -0.3 is 10.2 Å². The lowest BCUT2D eigenvalue weighted by Crippen LogP contribution is -2.31. The van der Waals surface area contributed by atoms with Crippen LogP contribution < -0.4 is 10.2 Å². The van der Waals surface area contributed by atoms with Crippen molar-refractivity contribution < 1.29 is 0 Å². The predicted octanol–water partition coefficient (Wildman–Crippen LogP) is 1.90. The van der Waals surface area contributed by atoms with E-state index in [0.29, 0.717) is 5.92 Å². The Morgan fingerprint density at radius 2 is 2.20 bits per heavy atom. The maximum atomic E-state index is 3.24. The van der Waals surface area contributed by atoms with Gasteiger partial charge in [0.2, 0.25) is 0 Å². The second kappa shape index (κ2) is 4.67. The van der Waals surface area contributed by atoms with Crippen molar-refractivity contribution in [3.63, 3.8) is 0 Å². The smallest absolute Gasteiger partial charge is 0.0399 e. The van der Waals surface area contributed by atoms with Gasteiger partial charge in [-0.05, 0) is 37.6 Å². The van der Waals surface area contributed by atoms with Gasteiger partial charge in [0.1, 0.15) is 0 Å². The van der Waals surface area contributed by atoms with Crippen molar-refractivity contribution in [2.75, 3.05) is 31.6 Å². The molecule has 1 aliphatic heterocycles. The van der Waals surface area contributed by atoms with Crippen LogP contribution in [0.15, 0.2) is 24.3 Å². The molecule has 2 nitrogen and oxygen atoms in total. The van der Waals surface area contributed by atoms with Crippen molar-refractivity contribution in [2.24, 2.45) is 5.92 Å². The van der Waals surface area contributed by atoms with Gasteiger partial charge in [0.15, 0.2) is 0 Å². The van der Waals surface area contributed by atoms with E-state index in [4.69, 9.17) is 0 Å². The van der Waals surface area contributed by atoms with E-state index in [1.165, 1.54) is 24.2 Å². The summed E-state index contributed by atoms with van der Waals surface area (Å²) in [7, 11) is 2.02. The maximum Gasteiger partial charge on any atom is 0.0399 e. The average Bonchev–Trinajstić information content (AvgIpc) is 2.62. The van der Waals surface area contributed by atoms with Gasteiger partial charge in [-0.15, -0.1) is 0 Å². The molecule has 0 saturated heterocycles. The fourth-order valence-corrected chi connectivity index (χ4v) is 2.39. The molecule has 2 rings (SSSR count). The van der Waals surface area contributed by atoms with E-state index < -0.39 is 0 Å². The Labute approximate surface area is 92.3 Å². The summed E-state index contributed by atoms with van der Waals surface area (Å²) in [5.41, 5.74) is 2.95. The van der Waals surface area contributed by atoms with Crippen LogP contribution >= 0.6 is 0 Å². The number of hydrogen-bond donors (Lipinski definition) is 1. The summed E-state index contributed by atoms with van der Waals surface area (Å²) in [5.74, 6) is 0.709. The minimum absolute atomic E-state index is 0.709. The largest absolute Gasteiger partial charge is 0.371 e. The first-order valence-electron chi connectivity index (χ1n) is 5.78. The van der Waals surface area contributed by atoms with Crippen LogP contribution in [0.25, 0.3) is 0 Å². The maximum absolute atomic E-state index is 3.24. The van der Waals surface area contributed by atoms with E-state index in [2.05, 4.69) is 41.4 Å². The lowest BCUT2D eigenvalue weighted by atomic mass is 10.1. The Morgan fingerprint density at radius 3 is 3.00 bits per heavy atom. The number of benzene rings is 1. The highest BCUT2D eigenvalue weighted by Gasteiger charge is 2.19. The third-order valence-electron chi connectivity index (χ3n) is 3.07. The summed E-state index contributed by atoms with van der Waals surface area (Å²) < 4.78 is 0. The summed E-state index contributed by atoms with van der Waals surface area (Å²) in [6.45, 7) is 5.75. The summed E-state index contributed by atoms with van der Waals surface area (Å²) >= 11 is 0. The van der Waals surface area contributed by atoms with Gasteiger partial charge in [-0.25, -0.2) is 0 Å². The Morgan fingerprint density at radius 1 is 1.40 bits per heavy atom. The van der Waals surface area contributed by atoms with Crippen molar-refractivity contribution in [3.8, 4) is 0 Å². The third-order valence-corrected chi connectivity index (χ3v) is 3.07. The molecule has 15 heavy (non-hydrogen) atoms. The number of fused-ring (bicyclic) bond motifs is 1. The molecule has 0 bridgehead atoms. The zero-order valence-electron chi connectivity index (χ0n) is 9.66. The van der Waals surface area contributed by atoms with E-state index in [1.54, 1.807) is 0 Å². The summed E-state index contributed by atoms with van der Waals surface area (Å²) in [4.78, 5) is 2.51. The van der Waals surface area contributed by atoms with Crippen molar-refractivity contribution in [1.29, 1.82) is 0 Å². The van der Waals surface area contributed by atoms with Crippen LogP contribution in [0.2, 0.25) is 0 Å². The van der Waals surface area contributed by atoms with Crippen LogP contribution in [0.4, 0.5) is 5.69 Å². The lowest BCUT2D eigenvalue weighted by Gasteiger charge is -2.23. The van der Waals surface area contributed by atoms with E-state index in [0.717, 1.165) is 13.1 Å². The van der Waals surface area contributed by atoms with Crippen LogP contribution in [0, 0.1) is 5.92 Å². The lowest BCUT2D eigenvalue weighted by molar-refractivity contribution is 0.535. The van der Waals surface area contributed by atoms with Crippen LogP contribution in [0.5, 0.6) is 0 Å². The number of nitrogens with zero attached hydrogens (tertiary/aromatic N) is 1. The normalized spacial score (nSPS) is 16.5. The molecule has 0 radical (unpaired) electrons. The van der Waals surface area contributed by atoms with Crippen LogP contribution in [0.3, 0.4) is 0 Å². The SMILES string of the molecule is CNCC(C)CN1CCc2ccccc21. The number of nitrogens with one attached hydrogen (secondary N) is 1. The van der Waals surface area contributed by atoms with Crippen molar-refractivity contribution in [1.82, 2.24) is 5.32 Å².